The zero-order valence-electron chi connectivity index (χ0n) is 19.7. The molecule has 1 saturated heterocycles. The number of fused-ring (bicyclic) bond motifs is 1. The Bertz CT molecular complexity index is 1410. The number of para-hydroxylation sites is 1. The van der Waals surface area contributed by atoms with Crippen LogP contribution in [0.5, 0.6) is 0 Å². The normalized spacial score (nSPS) is 15.0. The minimum absolute atomic E-state index is 0.00609. The highest BCUT2D eigenvalue weighted by Gasteiger charge is 2.32. The number of nitrogens with zero attached hydrogens (tertiary/aromatic N) is 3. The summed E-state index contributed by atoms with van der Waals surface area (Å²) in [6.07, 6.45) is 8.38. The van der Waals surface area contributed by atoms with Crippen molar-refractivity contribution >= 4 is 51.1 Å². The van der Waals surface area contributed by atoms with Crippen LogP contribution in [-0.2, 0) is 4.79 Å². The summed E-state index contributed by atoms with van der Waals surface area (Å²) in [5.41, 5.74) is 3.72. The fraction of sp³-hybridized carbons (Fsp3) is 0.207. The van der Waals surface area contributed by atoms with E-state index in [1.54, 1.807) is 4.90 Å². The third-order valence-electron chi connectivity index (χ3n) is 6.18. The van der Waals surface area contributed by atoms with E-state index in [2.05, 4.69) is 37.3 Å². The molecule has 6 heteroatoms. The van der Waals surface area contributed by atoms with Crippen LogP contribution in [0, 0.1) is 0 Å². The Kier molecular flexibility index (Phi) is 7.11. The van der Waals surface area contributed by atoms with Crippen LogP contribution in [-0.4, -0.2) is 31.5 Å². The van der Waals surface area contributed by atoms with Gasteiger partial charge >= 0.3 is 0 Å². The van der Waals surface area contributed by atoms with Gasteiger partial charge in [-0.05, 0) is 41.5 Å². The molecular weight excluding hydrogens is 470 g/mol. The Hall–Kier alpha value is -3.22. The number of amides is 1. The molecule has 0 unspecified atom stereocenters. The summed E-state index contributed by atoms with van der Waals surface area (Å²) in [4.78, 5) is 15.6. The highest BCUT2D eigenvalue weighted by atomic mass is 32.2. The second kappa shape index (κ2) is 10.6. The Labute approximate surface area is 215 Å². The number of benzene rings is 3. The number of carbonyl (C=O) groups excluding carboxylic acids is 1. The van der Waals surface area contributed by atoms with Crippen molar-refractivity contribution in [2.45, 2.75) is 32.6 Å². The maximum Gasteiger partial charge on any atom is 0.266 e. The summed E-state index contributed by atoms with van der Waals surface area (Å²) in [5.74, 6) is -0.00609. The molecule has 0 radical (unpaired) electrons. The van der Waals surface area contributed by atoms with Crippen molar-refractivity contribution in [3.05, 3.63) is 89.5 Å². The molecule has 0 bridgehead atoms. The smallest absolute Gasteiger partial charge is 0.266 e. The molecule has 0 N–H and O–H groups in total. The number of unbranched alkanes of at least 4 members (excludes halogenated alkanes) is 3. The van der Waals surface area contributed by atoms with E-state index in [9.17, 15) is 4.79 Å². The average molecular weight is 498 g/mol. The Balaban J connectivity index is 1.52. The molecule has 4 nitrogen and oxygen atoms in total. The summed E-state index contributed by atoms with van der Waals surface area (Å²) >= 11 is 6.94. The van der Waals surface area contributed by atoms with Gasteiger partial charge in [-0.3, -0.25) is 9.69 Å². The van der Waals surface area contributed by atoms with Gasteiger partial charge in [0.05, 0.1) is 10.6 Å². The Morgan fingerprint density at radius 1 is 0.943 bits per heavy atom. The predicted molar refractivity (Wildman–Crippen MR) is 151 cm³/mol. The molecule has 2 heterocycles. The van der Waals surface area contributed by atoms with Gasteiger partial charge in [0, 0.05) is 23.9 Å². The maximum atomic E-state index is 13.2. The monoisotopic (exact) mass is 497 g/mol. The molecule has 0 saturated carbocycles. The lowest BCUT2D eigenvalue weighted by Crippen LogP contribution is -2.29. The lowest BCUT2D eigenvalue weighted by molar-refractivity contribution is -0.122. The summed E-state index contributed by atoms with van der Waals surface area (Å²) < 4.78 is 2.52. The molecule has 1 aliphatic rings. The molecule has 1 aromatic heterocycles. The van der Waals surface area contributed by atoms with Gasteiger partial charge in [0.2, 0.25) is 0 Å². The number of carbonyl (C=O) groups is 1. The van der Waals surface area contributed by atoms with Gasteiger partial charge in [0.15, 0.2) is 0 Å². The van der Waals surface area contributed by atoms with E-state index in [1.807, 2.05) is 59.4 Å². The minimum atomic E-state index is -0.00609. The number of hydrogen-bond acceptors (Lipinski definition) is 4. The number of rotatable bonds is 8. The molecular formula is C29H27N3OS2. The number of thioether (sulfide) groups is 1. The van der Waals surface area contributed by atoms with E-state index in [1.165, 1.54) is 30.0 Å². The van der Waals surface area contributed by atoms with Gasteiger partial charge in [0.25, 0.3) is 5.91 Å². The zero-order chi connectivity index (χ0) is 24.2. The van der Waals surface area contributed by atoms with Gasteiger partial charge in [-0.1, -0.05) is 105 Å². The summed E-state index contributed by atoms with van der Waals surface area (Å²) in [6, 6.07) is 24.7. The molecule has 5 rings (SSSR count). The third kappa shape index (κ3) is 5.09. The lowest BCUT2D eigenvalue weighted by atomic mass is 10.0. The van der Waals surface area contributed by atoms with Crippen LogP contribution in [0.1, 0.15) is 38.2 Å². The summed E-state index contributed by atoms with van der Waals surface area (Å²) in [7, 11) is 0. The van der Waals surface area contributed by atoms with Gasteiger partial charge in [-0.2, -0.15) is 5.10 Å². The predicted octanol–water partition coefficient (Wildman–Crippen LogP) is 7.47. The van der Waals surface area contributed by atoms with E-state index in [0.29, 0.717) is 15.8 Å². The van der Waals surface area contributed by atoms with Crippen molar-refractivity contribution in [3.63, 3.8) is 0 Å². The van der Waals surface area contributed by atoms with Crippen LogP contribution >= 0.6 is 24.0 Å². The van der Waals surface area contributed by atoms with Crippen molar-refractivity contribution in [2.24, 2.45) is 0 Å². The summed E-state index contributed by atoms with van der Waals surface area (Å²) in [5, 5.41) is 7.28. The molecule has 1 fully saturated rings. The molecule has 0 aliphatic carbocycles. The van der Waals surface area contributed by atoms with Crippen LogP contribution in [0.3, 0.4) is 0 Å². The SMILES string of the molecule is CCCCCCN1C(=O)/C(=C\c2cn(-c3ccccc3)nc2-c2ccc3ccccc3c2)SC1=S. The van der Waals surface area contributed by atoms with Crippen molar-refractivity contribution in [1.29, 1.82) is 0 Å². The molecule has 4 aromatic rings. The van der Waals surface area contributed by atoms with E-state index in [4.69, 9.17) is 17.3 Å². The van der Waals surface area contributed by atoms with E-state index in [0.717, 1.165) is 40.7 Å². The third-order valence-corrected chi connectivity index (χ3v) is 7.56. The topological polar surface area (TPSA) is 38.1 Å². The first-order valence-corrected chi connectivity index (χ1v) is 13.3. The van der Waals surface area contributed by atoms with Crippen LogP contribution < -0.4 is 0 Å². The maximum absolute atomic E-state index is 13.2. The number of thiocarbonyl (C=S) groups is 1. The molecule has 1 amide bonds. The molecule has 35 heavy (non-hydrogen) atoms. The van der Waals surface area contributed by atoms with Crippen molar-refractivity contribution in [1.82, 2.24) is 14.7 Å². The van der Waals surface area contributed by atoms with E-state index in [-0.39, 0.29) is 5.91 Å². The second-order valence-corrected chi connectivity index (χ2v) is 10.3. The lowest BCUT2D eigenvalue weighted by Gasteiger charge is -2.13. The first kappa shape index (κ1) is 23.5. The van der Waals surface area contributed by atoms with Crippen LogP contribution in [0.2, 0.25) is 0 Å². The van der Waals surface area contributed by atoms with Gasteiger partial charge in [-0.15, -0.1) is 0 Å². The largest absolute Gasteiger partial charge is 0.293 e. The van der Waals surface area contributed by atoms with Gasteiger partial charge < -0.3 is 0 Å². The number of hydrogen-bond donors (Lipinski definition) is 0. The minimum Gasteiger partial charge on any atom is -0.293 e. The molecule has 0 spiro atoms. The Morgan fingerprint density at radius 2 is 1.71 bits per heavy atom. The first-order chi connectivity index (χ1) is 17.1. The standard InChI is InChI=1S/C29H27N3OS2/c1-2-3-4-10-17-31-28(33)26(35-29(31)34)19-24-20-32(25-13-6-5-7-14-25)30-27(24)23-16-15-21-11-8-9-12-22(21)18-23/h5-9,11-16,18-20H,2-4,10,17H2,1H3/b26-19+. The fourth-order valence-electron chi connectivity index (χ4n) is 4.30. The van der Waals surface area contributed by atoms with E-state index < -0.39 is 0 Å². The fourth-order valence-corrected chi connectivity index (χ4v) is 5.60. The van der Waals surface area contributed by atoms with Gasteiger partial charge in [-0.25, -0.2) is 4.68 Å². The van der Waals surface area contributed by atoms with Crippen LogP contribution in [0.25, 0.3) is 33.8 Å². The van der Waals surface area contributed by atoms with E-state index >= 15 is 0 Å². The molecule has 1 aliphatic heterocycles. The van der Waals surface area contributed by atoms with Crippen molar-refractivity contribution in [3.8, 4) is 16.9 Å². The quantitative estimate of drug-likeness (QED) is 0.144. The second-order valence-electron chi connectivity index (χ2n) is 8.67. The van der Waals surface area contributed by atoms with Crippen LogP contribution in [0.15, 0.2) is 83.9 Å². The summed E-state index contributed by atoms with van der Waals surface area (Å²) in [6.45, 7) is 2.87. The van der Waals surface area contributed by atoms with Gasteiger partial charge in [0.1, 0.15) is 10.0 Å². The first-order valence-electron chi connectivity index (χ1n) is 12.0. The molecule has 0 atom stereocenters. The highest BCUT2D eigenvalue weighted by Crippen LogP contribution is 2.35. The highest BCUT2D eigenvalue weighted by molar-refractivity contribution is 8.26. The van der Waals surface area contributed by atoms with Crippen molar-refractivity contribution in [2.75, 3.05) is 6.54 Å². The zero-order valence-corrected chi connectivity index (χ0v) is 21.3. The van der Waals surface area contributed by atoms with Crippen LogP contribution in [0.4, 0.5) is 0 Å². The molecule has 3 aromatic carbocycles. The Morgan fingerprint density at radius 3 is 2.51 bits per heavy atom. The number of aromatic nitrogens is 2. The average Bonchev–Trinajstić information content (AvgIpc) is 3.43. The van der Waals surface area contributed by atoms with Crippen molar-refractivity contribution < 1.29 is 4.79 Å². The molecule has 176 valence electrons.